The van der Waals surface area contributed by atoms with Crippen LogP contribution in [0, 0.1) is 0 Å². The summed E-state index contributed by atoms with van der Waals surface area (Å²) in [6.45, 7) is 3.72. The molecule has 1 saturated heterocycles. The summed E-state index contributed by atoms with van der Waals surface area (Å²) in [7, 11) is -1.48. The molecule has 3 aromatic rings. The van der Waals surface area contributed by atoms with E-state index >= 15 is 0 Å². The predicted octanol–water partition coefficient (Wildman–Crippen LogP) is 5.02. The van der Waals surface area contributed by atoms with Gasteiger partial charge in [0.2, 0.25) is 0 Å². The highest BCUT2D eigenvalue weighted by Crippen LogP contribution is 2.43. The zero-order valence-electron chi connectivity index (χ0n) is 19.2. The SMILES string of the molecule is O=C1C=C(c2ccc(OCc3ccc(CN4CCC5(C=Cc6ccccc65)CC4)s3)cc2)S(=O)N1. The van der Waals surface area contributed by atoms with Gasteiger partial charge in [-0.25, -0.2) is 4.21 Å². The number of hydrogen-bond donors (Lipinski definition) is 1. The Labute approximate surface area is 211 Å². The molecule has 35 heavy (non-hydrogen) atoms. The molecule has 2 aliphatic heterocycles. The molecular formula is C28H26N2O3S2. The van der Waals surface area contributed by atoms with Gasteiger partial charge < -0.3 is 4.74 Å². The highest BCUT2D eigenvalue weighted by Gasteiger charge is 2.37. The van der Waals surface area contributed by atoms with Crippen LogP contribution in [0.1, 0.15) is 39.3 Å². The molecule has 0 radical (unpaired) electrons. The van der Waals surface area contributed by atoms with Crippen molar-refractivity contribution in [2.24, 2.45) is 0 Å². The number of amides is 1. The number of piperidine rings is 1. The van der Waals surface area contributed by atoms with E-state index in [4.69, 9.17) is 4.74 Å². The standard InChI is InChI=1S/C28H26N2O3S2/c31-27-17-26(35(32)29-27)21-5-7-22(8-6-21)33-19-24-10-9-23(34-24)18-30-15-13-28(14-16-30)12-11-20-3-1-2-4-25(20)28/h1-12,17H,13-16,18-19H2,(H,29,31). The molecule has 1 fully saturated rings. The number of hydrogen-bond acceptors (Lipinski definition) is 5. The maximum Gasteiger partial charge on any atom is 0.257 e. The number of benzene rings is 2. The Hall–Kier alpha value is -3.00. The number of rotatable bonds is 6. The van der Waals surface area contributed by atoms with Gasteiger partial charge >= 0.3 is 0 Å². The van der Waals surface area contributed by atoms with Gasteiger partial charge in [0.15, 0.2) is 11.0 Å². The van der Waals surface area contributed by atoms with Crippen molar-refractivity contribution >= 4 is 39.2 Å². The van der Waals surface area contributed by atoms with E-state index in [9.17, 15) is 9.00 Å². The average molecular weight is 503 g/mol. The van der Waals surface area contributed by atoms with E-state index in [-0.39, 0.29) is 11.3 Å². The molecule has 6 rings (SSSR count). The molecule has 7 heteroatoms. The minimum atomic E-state index is -1.48. The number of fused-ring (bicyclic) bond motifs is 2. The molecule has 2 aromatic carbocycles. The van der Waals surface area contributed by atoms with Crippen molar-refractivity contribution in [3.8, 4) is 5.75 Å². The maximum atomic E-state index is 11.9. The minimum absolute atomic E-state index is 0.229. The molecule has 3 aliphatic rings. The molecule has 1 unspecified atom stereocenters. The van der Waals surface area contributed by atoms with Crippen molar-refractivity contribution in [1.82, 2.24) is 9.62 Å². The van der Waals surface area contributed by atoms with Crippen LogP contribution in [0.5, 0.6) is 5.75 Å². The highest BCUT2D eigenvalue weighted by molar-refractivity contribution is 7.93. The molecule has 3 heterocycles. The Balaban J connectivity index is 1.02. The summed E-state index contributed by atoms with van der Waals surface area (Å²) in [6, 6.07) is 20.6. The summed E-state index contributed by atoms with van der Waals surface area (Å²) in [6.07, 6.45) is 8.46. The van der Waals surface area contributed by atoms with Crippen molar-refractivity contribution in [1.29, 1.82) is 0 Å². The monoisotopic (exact) mass is 502 g/mol. The number of allylic oxidation sites excluding steroid dienone is 1. The lowest BCUT2D eigenvalue weighted by Gasteiger charge is -2.39. The van der Waals surface area contributed by atoms with Gasteiger partial charge in [-0.1, -0.05) is 48.6 Å². The molecule has 1 aromatic heterocycles. The number of likely N-dealkylation sites (tertiary alicyclic amines) is 1. The first kappa shape index (κ1) is 22.5. The molecule has 178 valence electrons. The highest BCUT2D eigenvalue weighted by atomic mass is 32.2. The fourth-order valence-corrected chi connectivity index (χ4v) is 7.08. The normalized spacial score (nSPS) is 20.6. The zero-order chi connectivity index (χ0) is 23.8. The maximum absolute atomic E-state index is 11.9. The first-order valence-corrected chi connectivity index (χ1v) is 13.8. The van der Waals surface area contributed by atoms with Gasteiger partial charge in [-0.05, 0) is 66.9 Å². The fourth-order valence-electron chi connectivity index (χ4n) is 5.19. The van der Waals surface area contributed by atoms with E-state index in [1.54, 1.807) is 11.3 Å². The van der Waals surface area contributed by atoms with E-state index in [2.05, 4.69) is 58.2 Å². The summed E-state index contributed by atoms with van der Waals surface area (Å²) in [5.74, 6) is 0.426. The number of carbonyl (C=O) groups excluding carboxylic acids is 1. The van der Waals surface area contributed by atoms with Crippen LogP contribution in [0.25, 0.3) is 11.0 Å². The van der Waals surface area contributed by atoms with Gasteiger partial charge in [0.05, 0.1) is 4.91 Å². The molecule has 1 atom stereocenters. The van der Waals surface area contributed by atoms with Crippen molar-refractivity contribution in [3.05, 3.63) is 99.3 Å². The van der Waals surface area contributed by atoms with Gasteiger partial charge in [0, 0.05) is 27.8 Å². The molecule has 1 aliphatic carbocycles. The smallest absolute Gasteiger partial charge is 0.257 e. The largest absolute Gasteiger partial charge is 0.488 e. The van der Waals surface area contributed by atoms with E-state index in [1.807, 2.05) is 24.3 Å². The third kappa shape index (κ3) is 4.51. The lowest BCUT2D eigenvalue weighted by molar-refractivity contribution is -0.114. The number of carbonyl (C=O) groups is 1. The summed E-state index contributed by atoms with van der Waals surface area (Å²) in [5.41, 5.74) is 3.87. The van der Waals surface area contributed by atoms with Gasteiger partial charge in [0.1, 0.15) is 12.4 Å². The van der Waals surface area contributed by atoms with Gasteiger partial charge in [-0.3, -0.25) is 14.4 Å². The lowest BCUT2D eigenvalue weighted by Crippen LogP contribution is -2.40. The zero-order valence-corrected chi connectivity index (χ0v) is 20.9. The van der Waals surface area contributed by atoms with E-state index in [0.29, 0.717) is 11.5 Å². The third-order valence-corrected chi connectivity index (χ3v) is 9.28. The van der Waals surface area contributed by atoms with Gasteiger partial charge in [-0.2, -0.15) is 0 Å². The Bertz CT molecular complexity index is 1350. The number of nitrogens with zero attached hydrogens (tertiary/aromatic N) is 1. The molecule has 5 nitrogen and oxygen atoms in total. The third-order valence-electron chi connectivity index (χ3n) is 7.10. The van der Waals surface area contributed by atoms with Crippen LogP contribution in [0.3, 0.4) is 0 Å². The first-order chi connectivity index (χ1) is 17.1. The van der Waals surface area contributed by atoms with Gasteiger partial charge in [0.25, 0.3) is 5.91 Å². The van der Waals surface area contributed by atoms with Crippen LogP contribution in [0.15, 0.2) is 72.8 Å². The van der Waals surface area contributed by atoms with E-state index in [1.165, 1.54) is 39.8 Å². The number of ether oxygens (including phenoxy) is 1. The Morgan fingerprint density at radius 3 is 2.54 bits per heavy atom. The number of thiophene rings is 1. The van der Waals surface area contributed by atoms with Crippen LogP contribution in [-0.4, -0.2) is 28.1 Å². The molecule has 1 amide bonds. The van der Waals surface area contributed by atoms with Crippen LogP contribution in [0.2, 0.25) is 0 Å². The van der Waals surface area contributed by atoms with Crippen LogP contribution in [0.4, 0.5) is 0 Å². The van der Waals surface area contributed by atoms with Crippen LogP contribution >= 0.6 is 11.3 Å². The second kappa shape index (κ2) is 9.22. The van der Waals surface area contributed by atoms with Crippen molar-refractivity contribution < 1.29 is 13.7 Å². The molecule has 0 bridgehead atoms. The van der Waals surface area contributed by atoms with E-state index < -0.39 is 11.0 Å². The Morgan fingerprint density at radius 1 is 1.00 bits per heavy atom. The first-order valence-electron chi connectivity index (χ1n) is 11.8. The second-order valence-electron chi connectivity index (χ2n) is 9.28. The summed E-state index contributed by atoms with van der Waals surface area (Å²) in [5, 5.41) is 0. The predicted molar refractivity (Wildman–Crippen MR) is 141 cm³/mol. The second-order valence-corrected chi connectivity index (χ2v) is 11.7. The Kier molecular flexibility index (Phi) is 5.92. The van der Waals surface area contributed by atoms with Crippen molar-refractivity contribution in [2.45, 2.75) is 31.4 Å². The Morgan fingerprint density at radius 2 is 1.77 bits per heavy atom. The summed E-state index contributed by atoms with van der Waals surface area (Å²) in [4.78, 5) is 17.0. The summed E-state index contributed by atoms with van der Waals surface area (Å²) < 4.78 is 20.3. The number of nitrogens with one attached hydrogen (secondary N) is 1. The molecular weight excluding hydrogens is 476 g/mol. The van der Waals surface area contributed by atoms with Crippen molar-refractivity contribution in [2.75, 3.05) is 13.1 Å². The van der Waals surface area contributed by atoms with Crippen LogP contribution in [-0.2, 0) is 34.3 Å². The van der Waals surface area contributed by atoms with E-state index in [0.717, 1.165) is 30.9 Å². The quantitative estimate of drug-likeness (QED) is 0.514. The molecule has 1 N–H and O–H groups in total. The lowest BCUT2D eigenvalue weighted by atomic mass is 9.74. The van der Waals surface area contributed by atoms with Gasteiger partial charge in [-0.15, -0.1) is 11.3 Å². The molecule has 0 saturated carbocycles. The van der Waals surface area contributed by atoms with Crippen molar-refractivity contribution in [3.63, 3.8) is 0 Å². The fraction of sp³-hybridized carbons (Fsp3) is 0.250. The summed E-state index contributed by atoms with van der Waals surface area (Å²) >= 11 is 1.81. The molecule has 1 spiro atoms. The minimum Gasteiger partial charge on any atom is -0.488 e. The van der Waals surface area contributed by atoms with Crippen LogP contribution < -0.4 is 9.46 Å². The average Bonchev–Trinajstić information content (AvgIpc) is 3.57. The topological polar surface area (TPSA) is 58.6 Å².